The Morgan fingerprint density at radius 3 is 2.39 bits per heavy atom. The summed E-state index contributed by atoms with van der Waals surface area (Å²) in [5, 5.41) is 0. The maximum absolute atomic E-state index is 12.3. The minimum Gasteiger partial charge on any atom is -0.340 e. The second kappa shape index (κ2) is 5.07. The van der Waals surface area contributed by atoms with Gasteiger partial charge in [0.1, 0.15) is 0 Å². The number of hydrogen-bond donors (Lipinski definition) is 0. The van der Waals surface area contributed by atoms with Gasteiger partial charge in [-0.05, 0) is 6.07 Å². The highest BCUT2D eigenvalue weighted by molar-refractivity contribution is 7.89. The van der Waals surface area contributed by atoms with Crippen LogP contribution in [-0.2, 0) is 14.8 Å². The summed E-state index contributed by atoms with van der Waals surface area (Å²) in [5.74, 6) is -0.0154. The molecule has 6 heteroatoms. The van der Waals surface area contributed by atoms with Crippen LogP contribution in [0.25, 0.3) is 0 Å². The van der Waals surface area contributed by atoms with Crippen LogP contribution in [0.5, 0.6) is 0 Å². The molecule has 1 aliphatic heterocycles. The van der Waals surface area contributed by atoms with Crippen LogP contribution >= 0.6 is 0 Å². The van der Waals surface area contributed by atoms with E-state index in [0.29, 0.717) is 26.2 Å². The van der Waals surface area contributed by atoms with E-state index < -0.39 is 10.0 Å². The number of carbonyl (C=O) groups is 1. The molecule has 1 radical (unpaired) electrons. The molecule has 0 aliphatic carbocycles. The van der Waals surface area contributed by atoms with E-state index in [0.717, 1.165) is 0 Å². The number of rotatable bonds is 2. The van der Waals surface area contributed by atoms with Crippen LogP contribution in [0.3, 0.4) is 0 Å². The van der Waals surface area contributed by atoms with Crippen LogP contribution in [0, 0.1) is 6.07 Å². The Hall–Kier alpha value is -1.40. The Morgan fingerprint density at radius 2 is 1.89 bits per heavy atom. The van der Waals surface area contributed by atoms with Crippen LogP contribution < -0.4 is 0 Å². The van der Waals surface area contributed by atoms with E-state index >= 15 is 0 Å². The van der Waals surface area contributed by atoms with Gasteiger partial charge in [-0.2, -0.15) is 4.31 Å². The summed E-state index contributed by atoms with van der Waals surface area (Å²) in [6.45, 7) is 3.06. The zero-order chi connectivity index (χ0) is 13.2. The fourth-order valence-electron chi connectivity index (χ4n) is 1.92. The molecule has 1 aliphatic rings. The first kappa shape index (κ1) is 13.0. The minimum atomic E-state index is -3.47. The second-order valence-electron chi connectivity index (χ2n) is 4.14. The monoisotopic (exact) mass is 267 g/mol. The number of carbonyl (C=O) groups excluding carboxylic acids is 1. The lowest BCUT2D eigenvalue weighted by Crippen LogP contribution is -2.49. The third kappa shape index (κ3) is 2.54. The Kier molecular flexibility index (Phi) is 3.68. The van der Waals surface area contributed by atoms with Crippen molar-refractivity contribution in [2.24, 2.45) is 0 Å². The average molecular weight is 267 g/mol. The van der Waals surface area contributed by atoms with Crippen molar-refractivity contribution >= 4 is 15.9 Å². The molecule has 2 rings (SSSR count). The first-order valence-electron chi connectivity index (χ1n) is 5.74. The third-order valence-corrected chi connectivity index (χ3v) is 4.84. The van der Waals surface area contributed by atoms with Crippen LogP contribution in [0.2, 0.25) is 0 Å². The molecule has 0 aromatic heterocycles. The number of nitrogens with zero attached hydrogens (tertiary/aromatic N) is 2. The normalized spacial score (nSPS) is 17.7. The summed E-state index contributed by atoms with van der Waals surface area (Å²) in [6, 6.07) is 9.25. The zero-order valence-electron chi connectivity index (χ0n) is 10.2. The third-order valence-electron chi connectivity index (χ3n) is 2.98. The van der Waals surface area contributed by atoms with E-state index in [1.54, 1.807) is 23.1 Å². The first-order chi connectivity index (χ1) is 8.51. The Morgan fingerprint density at radius 1 is 1.22 bits per heavy atom. The summed E-state index contributed by atoms with van der Waals surface area (Å²) in [7, 11) is -3.47. The van der Waals surface area contributed by atoms with Gasteiger partial charge in [-0.25, -0.2) is 8.42 Å². The fourth-order valence-corrected chi connectivity index (χ4v) is 3.31. The maximum atomic E-state index is 12.3. The molecule has 0 N–H and O–H groups in total. The van der Waals surface area contributed by atoms with Crippen molar-refractivity contribution in [3.05, 3.63) is 30.3 Å². The largest absolute Gasteiger partial charge is 0.340 e. The van der Waals surface area contributed by atoms with Gasteiger partial charge in [-0.3, -0.25) is 4.79 Å². The van der Waals surface area contributed by atoms with Gasteiger partial charge in [-0.15, -0.1) is 0 Å². The number of piperazine rings is 1. The van der Waals surface area contributed by atoms with Crippen molar-refractivity contribution in [1.29, 1.82) is 0 Å². The molecular formula is C12H15N2O3S. The SMILES string of the molecule is CC(=O)N1CCN(S(=O)(=O)c2[c]cccc2)CC1. The molecule has 1 fully saturated rings. The standard InChI is InChI=1S/C12H15N2O3S/c1-11(15)13-7-9-14(10-8-13)18(16,17)12-5-3-2-4-6-12/h2-5H,7-10H2,1H3. The fraction of sp³-hybridized carbons (Fsp3) is 0.417. The smallest absolute Gasteiger partial charge is 0.243 e. The van der Waals surface area contributed by atoms with E-state index in [-0.39, 0.29) is 10.8 Å². The van der Waals surface area contributed by atoms with Gasteiger partial charge in [0.2, 0.25) is 15.9 Å². The molecule has 18 heavy (non-hydrogen) atoms. The molecule has 0 unspecified atom stereocenters. The molecule has 0 saturated carbocycles. The lowest BCUT2D eigenvalue weighted by atomic mass is 10.3. The summed E-state index contributed by atoms with van der Waals surface area (Å²) in [6.07, 6.45) is 0. The van der Waals surface area contributed by atoms with Crippen molar-refractivity contribution < 1.29 is 13.2 Å². The zero-order valence-corrected chi connectivity index (χ0v) is 11.0. The molecule has 0 bridgehead atoms. The first-order valence-corrected chi connectivity index (χ1v) is 7.18. The molecule has 1 amide bonds. The number of hydrogen-bond acceptors (Lipinski definition) is 3. The van der Waals surface area contributed by atoms with Crippen molar-refractivity contribution in [2.75, 3.05) is 26.2 Å². The van der Waals surface area contributed by atoms with Crippen LogP contribution in [-0.4, -0.2) is 49.7 Å². The molecular weight excluding hydrogens is 252 g/mol. The van der Waals surface area contributed by atoms with Gasteiger partial charge in [0.25, 0.3) is 0 Å². The van der Waals surface area contributed by atoms with E-state index in [2.05, 4.69) is 6.07 Å². The Labute approximate surface area is 107 Å². The molecule has 1 aromatic carbocycles. The summed E-state index contributed by atoms with van der Waals surface area (Å²) in [5.41, 5.74) is 0. The molecule has 0 spiro atoms. The molecule has 1 heterocycles. The van der Waals surface area contributed by atoms with Crippen LogP contribution in [0.4, 0.5) is 0 Å². The highest BCUT2D eigenvalue weighted by atomic mass is 32.2. The van der Waals surface area contributed by atoms with Gasteiger partial charge >= 0.3 is 0 Å². The number of sulfonamides is 1. The Balaban J connectivity index is 2.12. The summed E-state index contributed by atoms with van der Waals surface area (Å²) >= 11 is 0. The molecule has 0 atom stereocenters. The lowest BCUT2D eigenvalue weighted by Gasteiger charge is -2.33. The van der Waals surface area contributed by atoms with Crippen molar-refractivity contribution in [3.63, 3.8) is 0 Å². The van der Waals surface area contributed by atoms with Gasteiger partial charge < -0.3 is 4.90 Å². The minimum absolute atomic E-state index is 0.0154. The topological polar surface area (TPSA) is 57.7 Å². The number of amides is 1. The summed E-state index contributed by atoms with van der Waals surface area (Å²) in [4.78, 5) is 13.0. The molecule has 1 saturated heterocycles. The highest BCUT2D eigenvalue weighted by Gasteiger charge is 2.28. The molecule has 97 valence electrons. The van der Waals surface area contributed by atoms with E-state index in [1.807, 2.05) is 0 Å². The van der Waals surface area contributed by atoms with Gasteiger partial charge in [0.05, 0.1) is 4.90 Å². The molecule has 1 aromatic rings. The maximum Gasteiger partial charge on any atom is 0.243 e. The summed E-state index contributed by atoms with van der Waals surface area (Å²) < 4.78 is 25.9. The Bertz CT molecular complexity index is 520. The van der Waals surface area contributed by atoms with Gasteiger partial charge in [-0.1, -0.05) is 18.2 Å². The highest BCUT2D eigenvalue weighted by Crippen LogP contribution is 2.16. The second-order valence-corrected chi connectivity index (χ2v) is 6.04. The van der Waals surface area contributed by atoms with Crippen molar-refractivity contribution in [2.45, 2.75) is 11.8 Å². The number of benzene rings is 1. The predicted octanol–water partition coefficient (Wildman–Crippen LogP) is 0.340. The molecule has 5 nitrogen and oxygen atoms in total. The van der Waals surface area contributed by atoms with E-state index in [4.69, 9.17) is 0 Å². The van der Waals surface area contributed by atoms with E-state index in [9.17, 15) is 13.2 Å². The lowest BCUT2D eigenvalue weighted by molar-refractivity contribution is -0.129. The van der Waals surface area contributed by atoms with E-state index in [1.165, 1.54) is 17.3 Å². The van der Waals surface area contributed by atoms with Gasteiger partial charge in [0.15, 0.2) is 0 Å². The predicted molar refractivity (Wildman–Crippen MR) is 66.3 cm³/mol. The quantitative estimate of drug-likeness (QED) is 0.776. The average Bonchev–Trinajstić information content (AvgIpc) is 2.40. The van der Waals surface area contributed by atoms with Crippen molar-refractivity contribution in [3.8, 4) is 0 Å². The van der Waals surface area contributed by atoms with Crippen LogP contribution in [0.15, 0.2) is 29.2 Å². The van der Waals surface area contributed by atoms with Gasteiger partial charge in [0, 0.05) is 39.2 Å². The van der Waals surface area contributed by atoms with Crippen LogP contribution in [0.1, 0.15) is 6.92 Å². The van der Waals surface area contributed by atoms with Crippen molar-refractivity contribution in [1.82, 2.24) is 9.21 Å².